The van der Waals surface area contributed by atoms with Gasteiger partial charge in [0, 0.05) is 0 Å². The number of amides is 1. The molecule has 2 aromatic carbocycles. The molecule has 1 amide bonds. The highest BCUT2D eigenvalue weighted by Gasteiger charge is 2.35. The third-order valence-electron chi connectivity index (χ3n) is 3.74. The molecule has 4 rings (SSSR count). The van der Waals surface area contributed by atoms with Gasteiger partial charge in [0.25, 0.3) is 5.91 Å². The number of hydrogen-bond donors (Lipinski definition) is 1. The molecule has 0 spiro atoms. The number of carbonyl (C=O) groups excluding carboxylic acids is 1. The number of carbonyl (C=O) groups is 1. The van der Waals surface area contributed by atoms with E-state index in [1.165, 1.54) is 0 Å². The van der Waals surface area contributed by atoms with Crippen LogP contribution in [0.4, 0.5) is 0 Å². The molecule has 0 saturated carbocycles. The fraction of sp³-hybridized carbons (Fsp3) is 0.0588. The lowest BCUT2D eigenvalue weighted by Gasteiger charge is -2.10. The Kier molecular flexibility index (Phi) is 2.44. The van der Waals surface area contributed by atoms with E-state index in [1.807, 2.05) is 30.3 Å². The summed E-state index contributed by atoms with van der Waals surface area (Å²) in [6.45, 7) is 0. The Morgan fingerprint density at radius 2 is 1.62 bits per heavy atom. The second-order valence-corrected chi connectivity index (χ2v) is 4.99. The average Bonchev–Trinajstić information content (AvgIpc) is 2.86. The van der Waals surface area contributed by atoms with Crippen molar-refractivity contribution in [2.24, 2.45) is 0 Å². The predicted octanol–water partition coefficient (Wildman–Crippen LogP) is 2.63. The van der Waals surface area contributed by atoms with Crippen LogP contribution in [0.1, 0.15) is 27.7 Å². The summed E-state index contributed by atoms with van der Waals surface area (Å²) in [6.07, 6.45) is 0. The van der Waals surface area contributed by atoms with E-state index in [2.05, 4.69) is 5.32 Å². The molecule has 0 unspecified atom stereocenters. The van der Waals surface area contributed by atoms with Crippen LogP contribution in [0.15, 0.2) is 63.8 Å². The summed E-state index contributed by atoms with van der Waals surface area (Å²) >= 11 is 0. The molecule has 1 aliphatic rings. The molecule has 1 aliphatic heterocycles. The first-order valence-electron chi connectivity index (χ1n) is 6.67. The molecule has 1 N–H and O–H groups in total. The van der Waals surface area contributed by atoms with Gasteiger partial charge < -0.3 is 9.73 Å². The van der Waals surface area contributed by atoms with Crippen LogP contribution in [0.25, 0.3) is 11.0 Å². The van der Waals surface area contributed by atoms with Gasteiger partial charge in [-0.25, -0.2) is 0 Å². The molecule has 0 aliphatic carbocycles. The molecule has 0 radical (unpaired) electrons. The maximum absolute atomic E-state index is 12.7. The molecule has 3 aromatic rings. The van der Waals surface area contributed by atoms with E-state index in [9.17, 15) is 9.59 Å². The van der Waals surface area contributed by atoms with E-state index in [0.29, 0.717) is 16.5 Å². The van der Waals surface area contributed by atoms with E-state index in [1.54, 1.807) is 24.3 Å². The molecule has 2 heterocycles. The van der Waals surface area contributed by atoms with Crippen molar-refractivity contribution in [3.05, 3.63) is 81.7 Å². The van der Waals surface area contributed by atoms with Gasteiger partial charge in [0.05, 0.1) is 17.0 Å². The first-order valence-corrected chi connectivity index (χ1v) is 6.67. The van der Waals surface area contributed by atoms with Gasteiger partial charge in [0.2, 0.25) is 5.76 Å². The Morgan fingerprint density at radius 1 is 0.905 bits per heavy atom. The van der Waals surface area contributed by atoms with Crippen LogP contribution in [-0.4, -0.2) is 5.91 Å². The van der Waals surface area contributed by atoms with Gasteiger partial charge in [0.1, 0.15) is 5.58 Å². The number of nitrogens with one attached hydrogen (secondary N) is 1. The van der Waals surface area contributed by atoms with Crippen LogP contribution in [0.3, 0.4) is 0 Å². The highest BCUT2D eigenvalue weighted by Crippen LogP contribution is 2.30. The lowest BCUT2D eigenvalue weighted by atomic mass is 9.99. The summed E-state index contributed by atoms with van der Waals surface area (Å²) in [5.74, 6) is -0.228. The maximum Gasteiger partial charge on any atom is 0.288 e. The minimum atomic E-state index is -0.449. The van der Waals surface area contributed by atoms with E-state index in [4.69, 9.17) is 4.42 Å². The van der Waals surface area contributed by atoms with Gasteiger partial charge in [-0.3, -0.25) is 9.59 Å². The average molecular weight is 277 g/mol. The molecule has 1 atom stereocenters. The van der Waals surface area contributed by atoms with Crippen LogP contribution in [0.2, 0.25) is 0 Å². The van der Waals surface area contributed by atoms with Crippen molar-refractivity contribution in [3.8, 4) is 0 Å². The van der Waals surface area contributed by atoms with Gasteiger partial charge in [-0.15, -0.1) is 0 Å². The first-order chi connectivity index (χ1) is 10.3. The van der Waals surface area contributed by atoms with Crippen molar-refractivity contribution in [2.45, 2.75) is 6.04 Å². The molecular formula is C17H11NO3. The number of rotatable bonds is 1. The number of benzene rings is 2. The van der Waals surface area contributed by atoms with E-state index >= 15 is 0 Å². The second-order valence-electron chi connectivity index (χ2n) is 4.99. The van der Waals surface area contributed by atoms with Crippen LogP contribution >= 0.6 is 0 Å². The zero-order valence-electron chi connectivity index (χ0n) is 11.0. The molecule has 4 heteroatoms. The highest BCUT2D eigenvalue weighted by atomic mass is 16.3. The second kappa shape index (κ2) is 4.31. The molecule has 21 heavy (non-hydrogen) atoms. The van der Waals surface area contributed by atoms with Crippen molar-refractivity contribution >= 4 is 16.9 Å². The summed E-state index contributed by atoms with van der Waals surface area (Å²) in [5, 5.41) is 3.31. The van der Waals surface area contributed by atoms with Gasteiger partial charge in [0.15, 0.2) is 5.43 Å². The minimum Gasteiger partial charge on any atom is -0.450 e. The lowest BCUT2D eigenvalue weighted by molar-refractivity contribution is 0.0938. The largest absolute Gasteiger partial charge is 0.450 e. The fourth-order valence-electron chi connectivity index (χ4n) is 2.75. The molecule has 1 aromatic heterocycles. The highest BCUT2D eigenvalue weighted by molar-refractivity contribution is 5.98. The normalized spacial score (nSPS) is 16.8. The topological polar surface area (TPSA) is 59.3 Å². The number of para-hydroxylation sites is 1. The summed E-state index contributed by atoms with van der Waals surface area (Å²) in [4.78, 5) is 24.8. The van der Waals surface area contributed by atoms with Gasteiger partial charge in [-0.2, -0.15) is 0 Å². The third kappa shape index (κ3) is 1.69. The minimum absolute atomic E-state index is 0.118. The van der Waals surface area contributed by atoms with Crippen molar-refractivity contribution in [2.75, 3.05) is 0 Å². The molecule has 0 fully saturated rings. The van der Waals surface area contributed by atoms with Crippen LogP contribution in [0.5, 0.6) is 0 Å². The van der Waals surface area contributed by atoms with Gasteiger partial charge in [-0.1, -0.05) is 42.5 Å². The standard InChI is InChI=1S/C17H11NO3/c19-15-11-8-4-5-9-12(11)21-16-13(15)14(18-17(16)20)10-6-2-1-3-7-10/h1-9,14H,(H,18,20)/t14-/m1/s1. The molecule has 0 saturated heterocycles. The Hall–Kier alpha value is -2.88. The summed E-state index contributed by atoms with van der Waals surface area (Å²) in [6, 6.07) is 15.9. The van der Waals surface area contributed by atoms with Crippen molar-refractivity contribution in [3.63, 3.8) is 0 Å². The summed E-state index contributed by atoms with van der Waals surface area (Å²) < 4.78 is 5.64. The third-order valence-corrected chi connectivity index (χ3v) is 3.74. The monoisotopic (exact) mass is 277 g/mol. The van der Waals surface area contributed by atoms with Gasteiger partial charge >= 0.3 is 0 Å². The van der Waals surface area contributed by atoms with E-state index < -0.39 is 6.04 Å². The number of hydrogen-bond acceptors (Lipinski definition) is 3. The molecule has 4 nitrogen and oxygen atoms in total. The SMILES string of the molecule is O=C1N[C@H](c2ccccc2)c2c1oc1ccccc1c2=O. The Morgan fingerprint density at radius 3 is 2.43 bits per heavy atom. The van der Waals surface area contributed by atoms with Gasteiger partial charge in [-0.05, 0) is 17.7 Å². The van der Waals surface area contributed by atoms with Crippen molar-refractivity contribution < 1.29 is 9.21 Å². The Bertz CT molecular complexity index is 912. The number of fused-ring (bicyclic) bond motifs is 2. The summed E-state index contributed by atoms with van der Waals surface area (Å²) in [7, 11) is 0. The molecular weight excluding hydrogens is 266 g/mol. The van der Waals surface area contributed by atoms with Crippen molar-refractivity contribution in [1.82, 2.24) is 5.32 Å². The first kappa shape index (κ1) is 11.9. The Balaban J connectivity index is 2.03. The predicted molar refractivity (Wildman–Crippen MR) is 78.2 cm³/mol. The smallest absolute Gasteiger partial charge is 0.288 e. The summed E-state index contributed by atoms with van der Waals surface area (Å²) in [5.41, 5.74) is 1.54. The van der Waals surface area contributed by atoms with Crippen LogP contribution in [-0.2, 0) is 0 Å². The van der Waals surface area contributed by atoms with Crippen molar-refractivity contribution in [1.29, 1.82) is 0 Å². The zero-order valence-corrected chi connectivity index (χ0v) is 11.0. The lowest BCUT2D eigenvalue weighted by Crippen LogP contribution is -2.21. The van der Waals surface area contributed by atoms with E-state index in [0.717, 1.165) is 5.56 Å². The molecule has 0 bridgehead atoms. The Labute approximate surface area is 120 Å². The fourth-order valence-corrected chi connectivity index (χ4v) is 2.75. The maximum atomic E-state index is 12.7. The quantitative estimate of drug-likeness (QED) is 0.743. The van der Waals surface area contributed by atoms with E-state index in [-0.39, 0.29) is 17.1 Å². The molecule has 102 valence electrons. The van der Waals surface area contributed by atoms with Crippen LogP contribution < -0.4 is 10.7 Å². The zero-order chi connectivity index (χ0) is 14.4. The van der Waals surface area contributed by atoms with Crippen LogP contribution in [0, 0.1) is 0 Å².